The van der Waals surface area contributed by atoms with Gasteiger partial charge < -0.3 is 4.90 Å². The molecule has 0 aromatic heterocycles. The van der Waals surface area contributed by atoms with E-state index >= 15 is 0 Å². The van der Waals surface area contributed by atoms with Crippen LogP contribution in [0.2, 0.25) is 0 Å². The van der Waals surface area contributed by atoms with Crippen LogP contribution in [0.4, 0.5) is 5.69 Å². The number of aliphatic imine (C=N–C) groups is 1. The van der Waals surface area contributed by atoms with Crippen LogP contribution in [0.3, 0.4) is 0 Å². The number of ketones is 1. The molecule has 3 aromatic carbocycles. The van der Waals surface area contributed by atoms with E-state index in [0.29, 0.717) is 5.75 Å². The highest BCUT2D eigenvalue weighted by Crippen LogP contribution is 2.20. The van der Waals surface area contributed by atoms with E-state index in [-0.39, 0.29) is 5.78 Å². The van der Waals surface area contributed by atoms with Crippen molar-refractivity contribution in [3.63, 3.8) is 0 Å². The van der Waals surface area contributed by atoms with Gasteiger partial charge in [-0.1, -0.05) is 78.0 Å². The highest BCUT2D eigenvalue weighted by Gasteiger charge is 2.14. The lowest BCUT2D eigenvalue weighted by Gasteiger charge is -2.21. The molecule has 0 spiro atoms. The van der Waals surface area contributed by atoms with Crippen LogP contribution in [0.25, 0.3) is 0 Å². The largest absolute Gasteiger partial charge is 0.350 e. The van der Waals surface area contributed by atoms with E-state index in [9.17, 15) is 4.79 Å². The van der Waals surface area contributed by atoms with E-state index in [1.807, 2.05) is 87.6 Å². The van der Waals surface area contributed by atoms with Crippen LogP contribution in [0.5, 0.6) is 0 Å². The summed E-state index contributed by atoms with van der Waals surface area (Å²) in [6.07, 6.45) is 0. The summed E-state index contributed by atoms with van der Waals surface area (Å²) in [5.41, 5.74) is 5.00. The van der Waals surface area contributed by atoms with E-state index in [4.69, 9.17) is 4.99 Å². The Morgan fingerprint density at radius 1 is 0.931 bits per heavy atom. The highest BCUT2D eigenvalue weighted by molar-refractivity contribution is 8.14. The lowest BCUT2D eigenvalue weighted by molar-refractivity contribution is 0.102. The number of nitrogens with zero attached hydrogens (tertiary/aromatic N) is 2. The number of thioether (sulfide) groups is 1. The third-order valence-corrected chi connectivity index (χ3v) is 5.66. The van der Waals surface area contributed by atoms with Crippen LogP contribution in [-0.2, 0) is 6.54 Å². The summed E-state index contributed by atoms with van der Waals surface area (Å²) in [7, 11) is 2.02. The van der Waals surface area contributed by atoms with Gasteiger partial charge in [0.15, 0.2) is 11.0 Å². The molecule has 0 heterocycles. The number of aryl methyl sites for hydroxylation is 2. The number of carbonyl (C=O) groups excluding carboxylic acids is 1. The van der Waals surface area contributed by atoms with Crippen molar-refractivity contribution in [3.05, 3.63) is 101 Å². The first-order valence-electron chi connectivity index (χ1n) is 9.65. The van der Waals surface area contributed by atoms with E-state index < -0.39 is 0 Å². The maximum Gasteiger partial charge on any atom is 0.173 e. The molecular weight excluding hydrogens is 376 g/mol. The van der Waals surface area contributed by atoms with Gasteiger partial charge in [0.2, 0.25) is 0 Å². The number of para-hydroxylation sites is 1. The average Bonchev–Trinajstić information content (AvgIpc) is 2.74. The minimum atomic E-state index is 0.130. The molecule has 3 aromatic rings. The van der Waals surface area contributed by atoms with Crippen LogP contribution >= 0.6 is 11.8 Å². The fraction of sp³-hybridized carbons (Fsp3) is 0.200. The molecule has 4 heteroatoms. The molecule has 29 heavy (non-hydrogen) atoms. The molecule has 0 fully saturated rings. The molecule has 0 radical (unpaired) electrons. The molecule has 3 rings (SSSR count). The van der Waals surface area contributed by atoms with E-state index in [1.165, 1.54) is 17.3 Å². The molecule has 0 aliphatic carbocycles. The van der Waals surface area contributed by atoms with E-state index in [1.54, 1.807) is 0 Å². The van der Waals surface area contributed by atoms with Crippen molar-refractivity contribution >= 4 is 28.4 Å². The van der Waals surface area contributed by atoms with Crippen molar-refractivity contribution in [1.29, 1.82) is 0 Å². The number of hydrogen-bond acceptors (Lipinski definition) is 3. The summed E-state index contributed by atoms with van der Waals surface area (Å²) in [6, 6.07) is 26.2. The van der Waals surface area contributed by atoms with Gasteiger partial charge in [-0.3, -0.25) is 4.79 Å². The Morgan fingerprint density at radius 2 is 1.59 bits per heavy atom. The third kappa shape index (κ3) is 6.06. The molecule has 0 aliphatic heterocycles. The van der Waals surface area contributed by atoms with Crippen LogP contribution in [-0.4, -0.2) is 28.7 Å². The zero-order valence-corrected chi connectivity index (χ0v) is 17.9. The molecule has 0 saturated carbocycles. The summed E-state index contributed by atoms with van der Waals surface area (Å²) < 4.78 is 0. The Kier molecular flexibility index (Phi) is 7.25. The molecular formula is C25H26N2OS. The standard InChI is InChI=1S/C25H26N2OS/c1-19-14-15-20(2)23(16-19)24(28)18-29-25(26-22-12-8-5-9-13-22)27(3)17-21-10-6-4-7-11-21/h4-16H,17-18H2,1-3H3. The Labute approximate surface area is 177 Å². The average molecular weight is 403 g/mol. The maximum absolute atomic E-state index is 12.9. The van der Waals surface area contributed by atoms with Crippen molar-refractivity contribution in [3.8, 4) is 0 Å². The number of hydrogen-bond donors (Lipinski definition) is 0. The predicted octanol–water partition coefficient (Wildman–Crippen LogP) is 6.04. The van der Waals surface area contributed by atoms with Gasteiger partial charge in [-0.05, 0) is 43.2 Å². The molecule has 0 aliphatic rings. The summed E-state index contributed by atoms with van der Waals surface area (Å²) >= 11 is 1.49. The minimum absolute atomic E-state index is 0.130. The second-order valence-corrected chi connectivity index (χ2v) is 8.04. The fourth-order valence-electron chi connectivity index (χ4n) is 3.01. The van der Waals surface area contributed by atoms with Gasteiger partial charge in [-0.25, -0.2) is 4.99 Å². The molecule has 0 amide bonds. The molecule has 0 atom stereocenters. The number of benzene rings is 3. The normalized spacial score (nSPS) is 11.3. The Morgan fingerprint density at radius 3 is 2.28 bits per heavy atom. The van der Waals surface area contributed by atoms with Crippen LogP contribution < -0.4 is 0 Å². The van der Waals surface area contributed by atoms with Gasteiger partial charge in [0.25, 0.3) is 0 Å². The topological polar surface area (TPSA) is 32.7 Å². The van der Waals surface area contributed by atoms with Gasteiger partial charge in [0.05, 0.1) is 11.4 Å². The predicted molar refractivity (Wildman–Crippen MR) is 124 cm³/mol. The number of carbonyl (C=O) groups is 1. The first-order chi connectivity index (χ1) is 14.0. The maximum atomic E-state index is 12.9. The van der Waals surface area contributed by atoms with Gasteiger partial charge >= 0.3 is 0 Å². The highest BCUT2D eigenvalue weighted by atomic mass is 32.2. The van der Waals surface area contributed by atoms with Crippen molar-refractivity contribution in [2.45, 2.75) is 20.4 Å². The first-order valence-corrected chi connectivity index (χ1v) is 10.6. The molecule has 0 unspecified atom stereocenters. The van der Waals surface area contributed by atoms with E-state index in [0.717, 1.165) is 34.1 Å². The number of amidine groups is 1. The Hall–Kier alpha value is -2.85. The Balaban J connectivity index is 1.78. The first kappa shape index (κ1) is 20.9. The second kappa shape index (κ2) is 10.1. The van der Waals surface area contributed by atoms with Gasteiger partial charge in [0.1, 0.15) is 0 Å². The number of Topliss-reactive ketones (excluding diaryl/α,β-unsaturated/α-hetero) is 1. The molecule has 3 nitrogen and oxygen atoms in total. The monoisotopic (exact) mass is 402 g/mol. The van der Waals surface area contributed by atoms with Crippen molar-refractivity contribution in [2.24, 2.45) is 4.99 Å². The minimum Gasteiger partial charge on any atom is -0.350 e. The molecule has 0 bridgehead atoms. The van der Waals surface area contributed by atoms with Gasteiger partial charge in [-0.15, -0.1) is 0 Å². The molecule has 148 valence electrons. The van der Waals surface area contributed by atoms with Crippen molar-refractivity contribution < 1.29 is 4.79 Å². The summed E-state index contributed by atoms with van der Waals surface area (Å²) in [4.78, 5) is 19.8. The molecule has 0 N–H and O–H groups in total. The summed E-state index contributed by atoms with van der Waals surface area (Å²) in [6.45, 7) is 4.73. The molecule has 0 saturated heterocycles. The van der Waals surface area contributed by atoms with Gasteiger partial charge in [-0.2, -0.15) is 0 Å². The van der Waals surface area contributed by atoms with Crippen molar-refractivity contribution in [1.82, 2.24) is 4.90 Å². The number of rotatable bonds is 6. The smallest absolute Gasteiger partial charge is 0.173 e. The van der Waals surface area contributed by atoms with Crippen LogP contribution in [0, 0.1) is 13.8 Å². The SMILES string of the molecule is Cc1ccc(C)c(C(=O)CSC(=Nc2ccccc2)N(C)Cc2ccccc2)c1. The Bertz CT molecular complexity index is 984. The van der Waals surface area contributed by atoms with Crippen LogP contribution in [0.15, 0.2) is 83.9 Å². The van der Waals surface area contributed by atoms with Crippen molar-refractivity contribution in [2.75, 3.05) is 12.8 Å². The lowest BCUT2D eigenvalue weighted by Crippen LogP contribution is -2.25. The zero-order chi connectivity index (χ0) is 20.6. The third-order valence-electron chi connectivity index (χ3n) is 4.60. The van der Waals surface area contributed by atoms with E-state index in [2.05, 4.69) is 17.0 Å². The summed E-state index contributed by atoms with van der Waals surface area (Å²) in [5.74, 6) is 0.486. The zero-order valence-electron chi connectivity index (χ0n) is 17.1. The lowest BCUT2D eigenvalue weighted by atomic mass is 10.0. The fourth-order valence-corrected chi connectivity index (χ4v) is 3.88. The van der Waals surface area contributed by atoms with Gasteiger partial charge in [0, 0.05) is 19.2 Å². The summed E-state index contributed by atoms with van der Waals surface area (Å²) in [5, 5.41) is 0.832. The van der Waals surface area contributed by atoms with Crippen LogP contribution in [0.1, 0.15) is 27.0 Å². The quantitative estimate of drug-likeness (QED) is 0.286. The second-order valence-electron chi connectivity index (χ2n) is 7.10.